The van der Waals surface area contributed by atoms with E-state index in [1.54, 1.807) is 0 Å². The summed E-state index contributed by atoms with van der Waals surface area (Å²) in [5, 5.41) is 2.62. The fourth-order valence-electron chi connectivity index (χ4n) is 0.482. The number of allylic oxidation sites excluding steroid dienone is 1. The zero-order valence-electron chi connectivity index (χ0n) is 6.26. The molecule has 0 rings (SSSR count). The molecule has 0 saturated carbocycles. The standard InChI is InChI=1S/C8H13NO/c1-3-5-6-7-9-8(10)4-2/h4-6H,2-3,7H2,1H3,(H,9,10)/b6-5+. The highest BCUT2D eigenvalue weighted by atomic mass is 16.1. The third-order valence-corrected chi connectivity index (χ3v) is 0.982. The monoisotopic (exact) mass is 139 g/mol. The second kappa shape index (κ2) is 6.08. The van der Waals surface area contributed by atoms with Gasteiger partial charge in [-0.25, -0.2) is 0 Å². The van der Waals surface area contributed by atoms with Crippen LogP contribution in [0.25, 0.3) is 0 Å². The second-order valence-corrected chi connectivity index (χ2v) is 1.83. The van der Waals surface area contributed by atoms with E-state index in [4.69, 9.17) is 0 Å². The molecule has 1 amide bonds. The van der Waals surface area contributed by atoms with Gasteiger partial charge in [0.2, 0.25) is 5.91 Å². The molecule has 0 fully saturated rings. The number of hydrogen-bond donors (Lipinski definition) is 1. The molecule has 0 aromatic carbocycles. The first-order valence-corrected chi connectivity index (χ1v) is 3.36. The summed E-state index contributed by atoms with van der Waals surface area (Å²) in [6.07, 6.45) is 6.19. The van der Waals surface area contributed by atoms with Crippen molar-refractivity contribution in [3.63, 3.8) is 0 Å². The Bertz CT molecular complexity index is 138. The minimum Gasteiger partial charge on any atom is -0.349 e. The Hall–Kier alpha value is -1.05. The Kier molecular flexibility index (Phi) is 5.44. The largest absolute Gasteiger partial charge is 0.349 e. The van der Waals surface area contributed by atoms with Crippen molar-refractivity contribution in [2.24, 2.45) is 0 Å². The lowest BCUT2D eigenvalue weighted by Gasteiger charge is -1.93. The van der Waals surface area contributed by atoms with E-state index in [9.17, 15) is 4.79 Å². The summed E-state index contributed by atoms with van der Waals surface area (Å²) < 4.78 is 0. The highest BCUT2D eigenvalue weighted by molar-refractivity contribution is 5.86. The summed E-state index contributed by atoms with van der Waals surface area (Å²) in [5.41, 5.74) is 0. The van der Waals surface area contributed by atoms with E-state index >= 15 is 0 Å². The zero-order chi connectivity index (χ0) is 7.82. The zero-order valence-corrected chi connectivity index (χ0v) is 6.26. The molecule has 0 aromatic heterocycles. The molecule has 2 nitrogen and oxygen atoms in total. The highest BCUT2D eigenvalue weighted by Gasteiger charge is 1.86. The van der Waals surface area contributed by atoms with Crippen LogP contribution in [-0.2, 0) is 4.79 Å². The van der Waals surface area contributed by atoms with Crippen molar-refractivity contribution in [1.29, 1.82) is 0 Å². The molecule has 2 heteroatoms. The lowest BCUT2D eigenvalue weighted by molar-refractivity contribution is -0.116. The molecule has 0 aromatic rings. The summed E-state index contributed by atoms with van der Waals surface area (Å²) in [6.45, 7) is 5.97. The number of carbonyl (C=O) groups excluding carboxylic acids is 1. The van der Waals surface area contributed by atoms with Crippen LogP contribution in [0.1, 0.15) is 13.3 Å². The maximum absolute atomic E-state index is 10.5. The molecule has 56 valence electrons. The number of carbonyl (C=O) groups is 1. The fourth-order valence-corrected chi connectivity index (χ4v) is 0.482. The van der Waals surface area contributed by atoms with Gasteiger partial charge in [-0.1, -0.05) is 25.7 Å². The van der Waals surface area contributed by atoms with Crippen molar-refractivity contribution in [3.8, 4) is 0 Å². The minimum atomic E-state index is -0.124. The Morgan fingerprint density at radius 1 is 1.60 bits per heavy atom. The number of nitrogens with one attached hydrogen (secondary N) is 1. The van der Waals surface area contributed by atoms with E-state index in [-0.39, 0.29) is 5.91 Å². The molecular formula is C8H13NO. The number of hydrogen-bond acceptors (Lipinski definition) is 1. The maximum Gasteiger partial charge on any atom is 0.243 e. The molecule has 1 N–H and O–H groups in total. The maximum atomic E-state index is 10.5. The summed E-state index contributed by atoms with van der Waals surface area (Å²) in [5.74, 6) is -0.124. The van der Waals surface area contributed by atoms with Gasteiger partial charge in [0.15, 0.2) is 0 Å². The molecular weight excluding hydrogens is 126 g/mol. The number of amides is 1. The van der Waals surface area contributed by atoms with Gasteiger partial charge in [-0.3, -0.25) is 4.79 Å². The first-order valence-electron chi connectivity index (χ1n) is 3.36. The summed E-state index contributed by atoms with van der Waals surface area (Å²) >= 11 is 0. The molecule has 10 heavy (non-hydrogen) atoms. The molecule has 0 atom stereocenters. The molecule has 0 heterocycles. The average molecular weight is 139 g/mol. The normalized spacial score (nSPS) is 9.70. The van der Waals surface area contributed by atoms with Crippen LogP contribution in [-0.4, -0.2) is 12.5 Å². The Morgan fingerprint density at radius 2 is 2.30 bits per heavy atom. The molecule has 0 saturated heterocycles. The van der Waals surface area contributed by atoms with Crippen LogP contribution in [0, 0.1) is 0 Å². The van der Waals surface area contributed by atoms with Crippen LogP contribution in [0.5, 0.6) is 0 Å². The van der Waals surface area contributed by atoms with Gasteiger partial charge in [-0.2, -0.15) is 0 Å². The Morgan fingerprint density at radius 3 is 2.80 bits per heavy atom. The van der Waals surface area contributed by atoms with Crippen LogP contribution in [0.2, 0.25) is 0 Å². The Balaban J connectivity index is 3.27. The lowest BCUT2D eigenvalue weighted by Crippen LogP contribution is -2.20. The molecule has 0 radical (unpaired) electrons. The summed E-state index contributed by atoms with van der Waals surface area (Å²) in [7, 11) is 0. The van der Waals surface area contributed by atoms with Gasteiger partial charge < -0.3 is 5.32 Å². The Labute approximate surface area is 61.6 Å². The minimum absolute atomic E-state index is 0.124. The van der Waals surface area contributed by atoms with Crippen molar-refractivity contribution < 1.29 is 4.79 Å². The van der Waals surface area contributed by atoms with Gasteiger partial charge in [-0.05, 0) is 12.5 Å². The smallest absolute Gasteiger partial charge is 0.243 e. The predicted molar refractivity (Wildman–Crippen MR) is 42.6 cm³/mol. The van der Waals surface area contributed by atoms with Crippen molar-refractivity contribution in [2.45, 2.75) is 13.3 Å². The molecule has 0 unspecified atom stereocenters. The molecule has 0 aliphatic carbocycles. The van der Waals surface area contributed by atoms with E-state index < -0.39 is 0 Å². The first kappa shape index (κ1) is 8.95. The lowest BCUT2D eigenvalue weighted by atomic mass is 10.4. The average Bonchev–Trinajstić information content (AvgIpc) is 1.98. The van der Waals surface area contributed by atoms with E-state index in [0.29, 0.717) is 6.54 Å². The van der Waals surface area contributed by atoms with E-state index in [0.717, 1.165) is 6.42 Å². The van der Waals surface area contributed by atoms with Gasteiger partial charge in [-0.15, -0.1) is 0 Å². The van der Waals surface area contributed by atoms with Crippen LogP contribution >= 0.6 is 0 Å². The summed E-state index contributed by atoms with van der Waals surface area (Å²) in [4.78, 5) is 10.5. The van der Waals surface area contributed by atoms with Gasteiger partial charge in [0.25, 0.3) is 0 Å². The second-order valence-electron chi connectivity index (χ2n) is 1.83. The number of rotatable bonds is 4. The van der Waals surface area contributed by atoms with Crippen LogP contribution in [0.3, 0.4) is 0 Å². The summed E-state index contributed by atoms with van der Waals surface area (Å²) in [6, 6.07) is 0. The molecule has 0 bridgehead atoms. The first-order chi connectivity index (χ1) is 4.81. The van der Waals surface area contributed by atoms with Crippen molar-refractivity contribution in [2.75, 3.05) is 6.54 Å². The van der Waals surface area contributed by atoms with Gasteiger partial charge in [0, 0.05) is 6.54 Å². The van der Waals surface area contributed by atoms with E-state index in [2.05, 4.69) is 11.9 Å². The van der Waals surface area contributed by atoms with Crippen molar-refractivity contribution in [3.05, 3.63) is 24.8 Å². The SMILES string of the molecule is C=CC(=O)NC/C=C/CC. The third kappa shape index (κ3) is 5.09. The quantitative estimate of drug-likeness (QED) is 0.461. The van der Waals surface area contributed by atoms with Crippen LogP contribution in [0.15, 0.2) is 24.8 Å². The molecule has 0 spiro atoms. The van der Waals surface area contributed by atoms with E-state index in [1.165, 1.54) is 6.08 Å². The molecule has 0 aliphatic heterocycles. The van der Waals surface area contributed by atoms with Gasteiger partial charge in [0.05, 0.1) is 0 Å². The van der Waals surface area contributed by atoms with Crippen LogP contribution < -0.4 is 5.32 Å². The topological polar surface area (TPSA) is 29.1 Å². The van der Waals surface area contributed by atoms with E-state index in [1.807, 2.05) is 19.1 Å². The molecule has 0 aliphatic rings. The van der Waals surface area contributed by atoms with Gasteiger partial charge in [0.1, 0.15) is 0 Å². The fraction of sp³-hybridized carbons (Fsp3) is 0.375. The van der Waals surface area contributed by atoms with Crippen molar-refractivity contribution >= 4 is 5.91 Å². The highest BCUT2D eigenvalue weighted by Crippen LogP contribution is 1.77. The van der Waals surface area contributed by atoms with Crippen molar-refractivity contribution in [1.82, 2.24) is 5.32 Å². The predicted octanol–water partition coefficient (Wildman–Crippen LogP) is 1.25. The van der Waals surface area contributed by atoms with Crippen LogP contribution in [0.4, 0.5) is 0 Å². The third-order valence-electron chi connectivity index (χ3n) is 0.982. The van der Waals surface area contributed by atoms with Gasteiger partial charge >= 0.3 is 0 Å².